The van der Waals surface area contributed by atoms with E-state index in [-0.39, 0.29) is 12.7 Å². The Balaban J connectivity index is 1.40. The highest BCUT2D eigenvalue weighted by atomic mass is 32.2. The Hall–Kier alpha value is -3.01. The van der Waals surface area contributed by atoms with Crippen molar-refractivity contribution in [2.45, 2.75) is 13.3 Å². The summed E-state index contributed by atoms with van der Waals surface area (Å²) in [6.07, 6.45) is 2.73. The molecule has 0 atom stereocenters. The van der Waals surface area contributed by atoms with Gasteiger partial charge in [-0.25, -0.2) is 4.99 Å². The summed E-state index contributed by atoms with van der Waals surface area (Å²) in [7, 11) is 0. The molecule has 2 aromatic carbocycles. The van der Waals surface area contributed by atoms with Crippen molar-refractivity contribution in [1.29, 1.82) is 0 Å². The third kappa shape index (κ3) is 5.63. The molecule has 184 valence electrons. The highest BCUT2D eigenvalue weighted by Crippen LogP contribution is 2.41. The maximum atomic E-state index is 13.5. The number of carbonyl (C=O) groups is 1. The summed E-state index contributed by atoms with van der Waals surface area (Å²) in [5.41, 5.74) is 1.60. The van der Waals surface area contributed by atoms with Gasteiger partial charge in [0.2, 0.25) is 6.79 Å². The van der Waals surface area contributed by atoms with Crippen LogP contribution in [0.3, 0.4) is 0 Å². The van der Waals surface area contributed by atoms with Crippen LogP contribution in [0.4, 0.5) is 5.69 Å². The molecular formula is C26H29N3O5S. The Labute approximate surface area is 209 Å². The maximum absolute atomic E-state index is 13.5. The third-order valence-corrected chi connectivity index (χ3v) is 6.93. The number of thioether (sulfide) groups is 1. The lowest BCUT2D eigenvalue weighted by Crippen LogP contribution is -2.38. The van der Waals surface area contributed by atoms with Crippen molar-refractivity contribution in [2.75, 3.05) is 52.8 Å². The fourth-order valence-corrected chi connectivity index (χ4v) is 5.17. The van der Waals surface area contributed by atoms with Crippen molar-refractivity contribution >= 4 is 34.6 Å². The van der Waals surface area contributed by atoms with Gasteiger partial charge in [0.15, 0.2) is 16.7 Å². The van der Waals surface area contributed by atoms with E-state index in [1.807, 2.05) is 55.5 Å². The number of aliphatic imine (C=N–C) groups is 1. The number of fused-ring (bicyclic) bond motifs is 1. The molecule has 0 bridgehead atoms. The van der Waals surface area contributed by atoms with Crippen molar-refractivity contribution in [3.8, 4) is 17.2 Å². The van der Waals surface area contributed by atoms with Crippen LogP contribution in [-0.2, 0) is 9.53 Å². The molecule has 0 saturated carbocycles. The fourth-order valence-electron chi connectivity index (χ4n) is 4.15. The molecule has 0 unspecified atom stereocenters. The predicted molar refractivity (Wildman–Crippen MR) is 136 cm³/mol. The summed E-state index contributed by atoms with van der Waals surface area (Å²) in [5, 5.41) is 0.688. The summed E-state index contributed by atoms with van der Waals surface area (Å²) < 4.78 is 22.3. The lowest BCUT2D eigenvalue weighted by molar-refractivity contribution is -0.122. The van der Waals surface area contributed by atoms with E-state index in [0.29, 0.717) is 40.5 Å². The topological polar surface area (TPSA) is 72.8 Å². The van der Waals surface area contributed by atoms with Gasteiger partial charge < -0.3 is 18.9 Å². The number of hydrogen-bond acceptors (Lipinski definition) is 8. The SMILES string of the molecule is CCOc1cc2c(cc1/C=C1/SC(=Nc3ccccc3)N(CCCN3CCOCC3)C1=O)OCO2. The number of morpholine rings is 1. The van der Waals surface area contributed by atoms with Crippen LogP contribution >= 0.6 is 11.8 Å². The van der Waals surface area contributed by atoms with Crippen LogP contribution in [0.15, 0.2) is 52.4 Å². The van der Waals surface area contributed by atoms with Crippen LogP contribution in [-0.4, -0.2) is 73.7 Å². The minimum absolute atomic E-state index is 0.0493. The van der Waals surface area contributed by atoms with Crippen molar-refractivity contribution in [3.05, 3.63) is 52.9 Å². The van der Waals surface area contributed by atoms with Crippen molar-refractivity contribution < 1.29 is 23.7 Å². The molecule has 2 aromatic rings. The fraction of sp³-hybridized carbons (Fsp3) is 0.385. The minimum atomic E-state index is -0.0493. The quantitative estimate of drug-likeness (QED) is 0.510. The predicted octanol–water partition coefficient (Wildman–Crippen LogP) is 4.14. The van der Waals surface area contributed by atoms with Gasteiger partial charge in [0.1, 0.15) is 5.75 Å². The van der Waals surface area contributed by atoms with Crippen LogP contribution in [0.2, 0.25) is 0 Å². The molecule has 0 radical (unpaired) electrons. The molecule has 1 amide bonds. The van der Waals surface area contributed by atoms with Gasteiger partial charge >= 0.3 is 0 Å². The molecule has 3 heterocycles. The molecule has 0 spiro atoms. The first kappa shape index (κ1) is 23.7. The van der Waals surface area contributed by atoms with E-state index < -0.39 is 0 Å². The van der Waals surface area contributed by atoms with Gasteiger partial charge in [-0.05, 0) is 49.4 Å². The highest BCUT2D eigenvalue weighted by molar-refractivity contribution is 8.18. The molecule has 8 nitrogen and oxygen atoms in total. The smallest absolute Gasteiger partial charge is 0.266 e. The number of para-hydroxylation sites is 1. The Morgan fingerprint density at radius 1 is 1.09 bits per heavy atom. The Bertz CT molecular complexity index is 1120. The van der Waals surface area contributed by atoms with Crippen molar-refractivity contribution in [3.63, 3.8) is 0 Å². The van der Waals surface area contributed by atoms with E-state index in [9.17, 15) is 4.79 Å². The molecular weight excluding hydrogens is 466 g/mol. The highest BCUT2D eigenvalue weighted by Gasteiger charge is 2.33. The molecule has 0 aliphatic carbocycles. The monoisotopic (exact) mass is 495 g/mol. The number of hydrogen-bond donors (Lipinski definition) is 0. The Kier molecular flexibility index (Phi) is 7.56. The first-order chi connectivity index (χ1) is 17.2. The number of nitrogens with zero attached hydrogens (tertiary/aromatic N) is 3. The normalized spacial score (nSPS) is 20.3. The number of carbonyl (C=O) groups excluding carboxylic acids is 1. The second kappa shape index (κ2) is 11.2. The largest absolute Gasteiger partial charge is 0.493 e. The van der Waals surface area contributed by atoms with E-state index in [2.05, 4.69) is 4.90 Å². The summed E-state index contributed by atoms with van der Waals surface area (Å²) in [4.78, 5) is 23.1. The molecule has 9 heteroatoms. The maximum Gasteiger partial charge on any atom is 0.266 e. The van der Waals surface area contributed by atoms with Crippen LogP contribution in [0.1, 0.15) is 18.9 Å². The summed E-state index contributed by atoms with van der Waals surface area (Å²) in [6, 6.07) is 13.4. The molecule has 5 rings (SSSR count). The van der Waals surface area contributed by atoms with Crippen LogP contribution in [0.25, 0.3) is 6.08 Å². The van der Waals surface area contributed by atoms with Crippen molar-refractivity contribution in [1.82, 2.24) is 9.80 Å². The molecule has 3 aliphatic rings. The third-order valence-electron chi connectivity index (χ3n) is 5.92. The summed E-state index contributed by atoms with van der Waals surface area (Å²) in [6.45, 7) is 7.54. The summed E-state index contributed by atoms with van der Waals surface area (Å²) >= 11 is 1.39. The average molecular weight is 496 g/mol. The molecule has 35 heavy (non-hydrogen) atoms. The van der Waals surface area contributed by atoms with Gasteiger partial charge in [-0.1, -0.05) is 18.2 Å². The zero-order chi connectivity index (χ0) is 24.0. The molecule has 3 aliphatic heterocycles. The van der Waals surface area contributed by atoms with Crippen molar-refractivity contribution in [2.24, 2.45) is 4.99 Å². The number of rotatable bonds is 8. The lowest BCUT2D eigenvalue weighted by atomic mass is 10.1. The van der Waals surface area contributed by atoms with Gasteiger partial charge in [0.05, 0.1) is 30.4 Å². The lowest BCUT2D eigenvalue weighted by Gasteiger charge is -2.27. The second-order valence-electron chi connectivity index (χ2n) is 8.28. The zero-order valence-corrected chi connectivity index (χ0v) is 20.6. The standard InChI is InChI=1S/C26H29N3O5S/c1-2-32-21-17-23-22(33-18-34-23)15-19(21)16-24-25(30)29(10-6-9-28-11-13-31-14-12-28)26(35-24)27-20-7-4-3-5-8-20/h3-5,7-8,15-17H,2,6,9-14,18H2,1H3/b24-16+,27-26?. The summed E-state index contributed by atoms with van der Waals surface area (Å²) in [5.74, 6) is 1.91. The van der Waals surface area contributed by atoms with E-state index in [1.165, 1.54) is 11.8 Å². The first-order valence-corrected chi connectivity index (χ1v) is 12.7. The number of amides is 1. The van der Waals surface area contributed by atoms with E-state index >= 15 is 0 Å². The number of ether oxygens (including phenoxy) is 4. The van der Waals surface area contributed by atoms with E-state index in [0.717, 1.165) is 50.5 Å². The molecule has 0 N–H and O–H groups in total. The Morgan fingerprint density at radius 3 is 2.63 bits per heavy atom. The second-order valence-corrected chi connectivity index (χ2v) is 9.29. The van der Waals surface area contributed by atoms with Crippen LogP contribution < -0.4 is 14.2 Å². The van der Waals surface area contributed by atoms with Gasteiger partial charge in [-0.2, -0.15) is 0 Å². The van der Waals surface area contributed by atoms with Gasteiger partial charge in [0.25, 0.3) is 5.91 Å². The van der Waals surface area contributed by atoms with E-state index in [4.69, 9.17) is 23.9 Å². The molecule has 2 saturated heterocycles. The first-order valence-electron chi connectivity index (χ1n) is 11.9. The van der Waals surface area contributed by atoms with Gasteiger partial charge in [-0.15, -0.1) is 0 Å². The Morgan fingerprint density at radius 2 is 1.86 bits per heavy atom. The van der Waals surface area contributed by atoms with Gasteiger partial charge in [0, 0.05) is 37.8 Å². The van der Waals surface area contributed by atoms with Crippen LogP contribution in [0, 0.1) is 0 Å². The minimum Gasteiger partial charge on any atom is -0.493 e. The number of benzene rings is 2. The molecule has 2 fully saturated rings. The average Bonchev–Trinajstić information content (AvgIpc) is 3.45. The number of amidine groups is 1. The van der Waals surface area contributed by atoms with Gasteiger partial charge in [-0.3, -0.25) is 14.6 Å². The molecule has 0 aromatic heterocycles. The zero-order valence-electron chi connectivity index (χ0n) is 19.8. The van der Waals surface area contributed by atoms with Crippen LogP contribution in [0.5, 0.6) is 17.2 Å². The van der Waals surface area contributed by atoms with E-state index in [1.54, 1.807) is 4.90 Å².